The third kappa shape index (κ3) is 5.90. The Bertz CT molecular complexity index is 1710. The second-order valence-corrected chi connectivity index (χ2v) is 9.51. The summed E-state index contributed by atoms with van der Waals surface area (Å²) >= 11 is 0. The number of rotatable bonds is 9. The van der Waals surface area contributed by atoms with Gasteiger partial charge in [-0.15, -0.1) is 0 Å². The number of methoxy groups -OCH3 is 2. The smallest absolute Gasteiger partial charge is 0.268 e. The number of anilines is 2. The van der Waals surface area contributed by atoms with Crippen molar-refractivity contribution in [3.05, 3.63) is 90.3 Å². The highest BCUT2D eigenvalue weighted by Gasteiger charge is 2.37. The second kappa shape index (κ2) is 12.3. The van der Waals surface area contributed by atoms with Gasteiger partial charge in [0.1, 0.15) is 17.1 Å². The molecule has 2 heterocycles. The van der Waals surface area contributed by atoms with E-state index < -0.39 is 29.8 Å². The molecule has 1 aliphatic heterocycles. The van der Waals surface area contributed by atoms with Crippen molar-refractivity contribution in [1.82, 2.24) is 9.88 Å². The molecule has 222 valence electrons. The maximum Gasteiger partial charge on any atom is 0.268 e. The van der Waals surface area contributed by atoms with Crippen LogP contribution in [0.1, 0.15) is 13.3 Å². The lowest BCUT2D eigenvalue weighted by Crippen LogP contribution is -2.55. The van der Waals surface area contributed by atoms with E-state index in [1.165, 1.54) is 55.8 Å². The number of fused-ring (bicyclic) bond motifs is 1. The van der Waals surface area contributed by atoms with Gasteiger partial charge in [-0.05, 0) is 55.0 Å². The van der Waals surface area contributed by atoms with Crippen LogP contribution in [0.4, 0.5) is 20.2 Å². The van der Waals surface area contributed by atoms with Gasteiger partial charge in [0.25, 0.3) is 11.8 Å². The molecule has 0 aliphatic carbocycles. The fraction of sp³-hybridized carbons (Fsp3) is 0.194. The summed E-state index contributed by atoms with van der Waals surface area (Å²) in [7, 11) is 3.00. The summed E-state index contributed by atoms with van der Waals surface area (Å²) in [6.45, 7) is 2.19. The summed E-state index contributed by atoms with van der Waals surface area (Å²) < 4.78 is 45.2. The maximum atomic E-state index is 15.2. The normalized spacial score (nSPS) is 14.9. The minimum atomic E-state index is -1.41. The van der Waals surface area contributed by atoms with E-state index in [0.717, 1.165) is 23.1 Å². The number of carbonyl (C=O) groups excluding carboxylic acids is 2. The summed E-state index contributed by atoms with van der Waals surface area (Å²) in [5.74, 6) is -1.80. The summed E-state index contributed by atoms with van der Waals surface area (Å²) in [4.78, 5) is 33.3. The fourth-order valence-corrected chi connectivity index (χ4v) is 4.63. The van der Waals surface area contributed by atoms with Crippen molar-refractivity contribution in [2.45, 2.75) is 19.7 Å². The van der Waals surface area contributed by atoms with Gasteiger partial charge in [0, 0.05) is 47.8 Å². The first-order chi connectivity index (χ1) is 20.7. The quantitative estimate of drug-likeness (QED) is 0.257. The molecule has 0 saturated heterocycles. The van der Waals surface area contributed by atoms with Crippen LogP contribution in [-0.4, -0.2) is 53.9 Å². The van der Waals surface area contributed by atoms with Crippen molar-refractivity contribution in [2.24, 2.45) is 0 Å². The highest BCUT2D eigenvalue weighted by Crippen LogP contribution is 2.37. The first-order valence-electron chi connectivity index (χ1n) is 13.3. The van der Waals surface area contributed by atoms with E-state index in [-0.39, 0.29) is 22.7 Å². The maximum absolute atomic E-state index is 15.2. The molecule has 0 radical (unpaired) electrons. The van der Waals surface area contributed by atoms with Crippen LogP contribution < -0.4 is 24.4 Å². The number of nitrogens with zero attached hydrogens (tertiary/aromatic N) is 3. The molecule has 12 heteroatoms. The third-order valence-electron chi connectivity index (χ3n) is 6.72. The lowest BCUT2D eigenvalue weighted by molar-refractivity contribution is -0.124. The predicted molar refractivity (Wildman–Crippen MR) is 155 cm³/mol. The van der Waals surface area contributed by atoms with Crippen LogP contribution in [0.2, 0.25) is 0 Å². The standard InChI is InChI=1S/C31H28F2N4O6/c1-4-13-36-17-22(30(39)37(31(36)40)20-8-5-18(32)6-9-20)29(38)35-19-7-10-26(23(33)14-19)43-25-11-12-34-24-16-28(42-3)27(41-2)15-21(24)25/h5-12,14-17,31,40H,4,13H2,1-3H3,(H,35,38). The van der Waals surface area contributed by atoms with Gasteiger partial charge < -0.3 is 29.5 Å². The number of pyridine rings is 1. The molecule has 1 aliphatic rings. The number of hydrogen-bond donors (Lipinski definition) is 2. The van der Waals surface area contributed by atoms with Crippen molar-refractivity contribution in [3.63, 3.8) is 0 Å². The summed E-state index contributed by atoms with van der Waals surface area (Å²) in [6.07, 6.45) is 1.97. The minimum Gasteiger partial charge on any atom is -0.493 e. The number of ether oxygens (including phenoxy) is 3. The van der Waals surface area contributed by atoms with Crippen LogP contribution in [0.3, 0.4) is 0 Å². The SMILES string of the molecule is CCCN1C=C(C(=O)Nc2ccc(Oc3ccnc4cc(OC)c(OC)cc34)c(F)c2)C(=O)N(c2ccc(F)cc2)C1O. The summed E-state index contributed by atoms with van der Waals surface area (Å²) in [6, 6.07) is 13.7. The van der Waals surface area contributed by atoms with E-state index in [4.69, 9.17) is 14.2 Å². The summed E-state index contributed by atoms with van der Waals surface area (Å²) in [5, 5.41) is 13.9. The Labute approximate surface area is 245 Å². The molecule has 5 rings (SSSR count). The number of aromatic nitrogens is 1. The van der Waals surface area contributed by atoms with Gasteiger partial charge in [-0.25, -0.2) is 8.78 Å². The Morgan fingerprint density at radius 2 is 1.70 bits per heavy atom. The van der Waals surface area contributed by atoms with E-state index >= 15 is 4.39 Å². The molecule has 1 atom stereocenters. The van der Waals surface area contributed by atoms with Crippen molar-refractivity contribution in [1.29, 1.82) is 0 Å². The van der Waals surface area contributed by atoms with Gasteiger partial charge in [-0.1, -0.05) is 6.92 Å². The van der Waals surface area contributed by atoms with Crippen LogP contribution in [0.25, 0.3) is 10.9 Å². The molecule has 3 aromatic carbocycles. The first kappa shape index (κ1) is 29.3. The number of nitrogens with one attached hydrogen (secondary N) is 1. The van der Waals surface area contributed by atoms with Gasteiger partial charge in [-0.3, -0.25) is 19.5 Å². The number of aliphatic hydroxyl groups is 1. The third-order valence-corrected chi connectivity index (χ3v) is 6.72. The van der Waals surface area contributed by atoms with Crippen molar-refractivity contribution >= 4 is 34.1 Å². The average Bonchev–Trinajstić information content (AvgIpc) is 3.00. The van der Waals surface area contributed by atoms with Crippen molar-refractivity contribution in [3.8, 4) is 23.0 Å². The van der Waals surface area contributed by atoms with Crippen molar-refractivity contribution in [2.75, 3.05) is 31.0 Å². The summed E-state index contributed by atoms with van der Waals surface area (Å²) in [5.41, 5.74) is 0.514. The number of aliphatic hydroxyl groups excluding tert-OH is 1. The van der Waals surface area contributed by atoms with Gasteiger partial charge >= 0.3 is 0 Å². The fourth-order valence-electron chi connectivity index (χ4n) is 4.63. The minimum absolute atomic E-state index is 0.0658. The second-order valence-electron chi connectivity index (χ2n) is 9.51. The topological polar surface area (TPSA) is 113 Å². The van der Waals surface area contributed by atoms with E-state index in [1.54, 1.807) is 18.2 Å². The van der Waals surface area contributed by atoms with E-state index in [1.807, 2.05) is 6.92 Å². The van der Waals surface area contributed by atoms with Crippen LogP contribution in [0.15, 0.2) is 78.6 Å². The molecule has 43 heavy (non-hydrogen) atoms. The molecule has 4 aromatic rings. The highest BCUT2D eigenvalue weighted by molar-refractivity contribution is 6.27. The zero-order chi connectivity index (χ0) is 30.7. The molecular weight excluding hydrogens is 562 g/mol. The zero-order valence-corrected chi connectivity index (χ0v) is 23.5. The molecule has 1 aromatic heterocycles. The largest absolute Gasteiger partial charge is 0.493 e. The molecular formula is C31H28F2N4O6. The Kier molecular flexibility index (Phi) is 8.39. The predicted octanol–water partition coefficient (Wildman–Crippen LogP) is 5.18. The molecule has 0 spiro atoms. The van der Waals surface area contributed by atoms with Gasteiger partial charge in [-0.2, -0.15) is 0 Å². The molecule has 1 unspecified atom stereocenters. The molecule has 0 fully saturated rings. The molecule has 0 saturated carbocycles. The number of halogens is 2. The number of amides is 2. The average molecular weight is 591 g/mol. The van der Waals surface area contributed by atoms with E-state index in [9.17, 15) is 19.1 Å². The lowest BCUT2D eigenvalue weighted by atomic mass is 10.1. The van der Waals surface area contributed by atoms with Crippen LogP contribution in [-0.2, 0) is 9.59 Å². The Balaban J connectivity index is 1.38. The lowest BCUT2D eigenvalue weighted by Gasteiger charge is -2.39. The first-order valence-corrected chi connectivity index (χ1v) is 13.3. The van der Waals surface area contributed by atoms with Crippen LogP contribution in [0, 0.1) is 11.6 Å². The van der Waals surface area contributed by atoms with E-state index in [2.05, 4.69) is 10.3 Å². The Morgan fingerprint density at radius 1 is 0.977 bits per heavy atom. The monoisotopic (exact) mass is 590 g/mol. The zero-order valence-electron chi connectivity index (χ0n) is 23.5. The molecule has 2 amide bonds. The molecule has 0 bridgehead atoms. The highest BCUT2D eigenvalue weighted by atomic mass is 19.1. The van der Waals surface area contributed by atoms with Gasteiger partial charge in [0.05, 0.1) is 19.7 Å². The number of carbonyl (C=O) groups is 2. The van der Waals surface area contributed by atoms with Gasteiger partial charge in [0.2, 0.25) is 6.35 Å². The van der Waals surface area contributed by atoms with E-state index in [0.29, 0.717) is 41.1 Å². The number of hydrogen-bond acceptors (Lipinski definition) is 8. The Hall–Kier alpha value is -5.23. The Morgan fingerprint density at radius 3 is 2.37 bits per heavy atom. The molecule has 2 N–H and O–H groups in total. The van der Waals surface area contributed by atoms with Gasteiger partial charge in [0.15, 0.2) is 23.1 Å². The number of benzene rings is 3. The van der Waals surface area contributed by atoms with Crippen LogP contribution >= 0.6 is 0 Å². The molecule has 10 nitrogen and oxygen atoms in total. The van der Waals surface area contributed by atoms with Crippen LogP contribution in [0.5, 0.6) is 23.0 Å². The van der Waals surface area contributed by atoms with Crippen molar-refractivity contribution < 1.29 is 37.7 Å².